The number of primary sulfonamides is 1. The first-order valence-electron chi connectivity index (χ1n) is 5.39. The highest BCUT2D eigenvalue weighted by Gasteiger charge is 2.18. The van der Waals surface area contributed by atoms with Crippen molar-refractivity contribution in [2.24, 2.45) is 5.14 Å². The molecule has 3 aromatic rings. The fourth-order valence-corrected chi connectivity index (χ4v) is 2.05. The molecule has 0 unspecified atom stereocenters. The summed E-state index contributed by atoms with van der Waals surface area (Å²) in [5, 5.41) is 7.84. The van der Waals surface area contributed by atoms with Crippen LogP contribution in [-0.2, 0) is 10.0 Å². The van der Waals surface area contributed by atoms with Crippen molar-refractivity contribution < 1.29 is 8.42 Å². The molecule has 2 aromatic heterocycles. The molecule has 0 radical (unpaired) electrons. The van der Waals surface area contributed by atoms with Crippen molar-refractivity contribution >= 4 is 15.8 Å². The van der Waals surface area contributed by atoms with Gasteiger partial charge in [0.05, 0.1) is 5.69 Å². The molecular weight excluding hydrogens is 284 g/mol. The molecule has 0 aliphatic carbocycles. The van der Waals surface area contributed by atoms with Crippen LogP contribution >= 0.6 is 0 Å². The molecule has 0 atom stereocenters. The van der Waals surface area contributed by atoms with E-state index in [2.05, 4.69) is 15.1 Å². The molecular formula is C10H8N6O3S. The summed E-state index contributed by atoms with van der Waals surface area (Å²) in [6, 6.07) is 8.71. The molecule has 20 heavy (non-hydrogen) atoms. The summed E-state index contributed by atoms with van der Waals surface area (Å²) in [5.74, 6) is -0.133. The van der Waals surface area contributed by atoms with Crippen LogP contribution in [0.25, 0.3) is 11.5 Å². The van der Waals surface area contributed by atoms with Crippen LogP contribution in [0.3, 0.4) is 0 Å². The summed E-state index contributed by atoms with van der Waals surface area (Å²) < 4.78 is 24.3. The van der Waals surface area contributed by atoms with Crippen molar-refractivity contribution in [3.63, 3.8) is 0 Å². The minimum Gasteiger partial charge on any atom is -0.251 e. The maximum absolute atomic E-state index is 12.2. The van der Waals surface area contributed by atoms with Gasteiger partial charge in [0.15, 0.2) is 0 Å². The van der Waals surface area contributed by atoms with E-state index in [4.69, 9.17) is 5.14 Å². The molecule has 1 aromatic carbocycles. The Labute approximate surface area is 112 Å². The average Bonchev–Trinajstić information content (AvgIpc) is 2.85. The third-order valence-electron chi connectivity index (χ3n) is 2.54. The second-order valence-corrected chi connectivity index (χ2v) is 5.34. The van der Waals surface area contributed by atoms with Crippen molar-refractivity contribution in [2.75, 3.05) is 0 Å². The van der Waals surface area contributed by atoms with Crippen LogP contribution in [-0.4, -0.2) is 32.6 Å². The fourth-order valence-electron chi connectivity index (χ4n) is 1.64. The monoisotopic (exact) mass is 292 g/mol. The molecule has 0 saturated heterocycles. The van der Waals surface area contributed by atoms with E-state index in [-0.39, 0.29) is 5.78 Å². The number of fused-ring (bicyclic) bond motifs is 1. The Morgan fingerprint density at radius 1 is 1.15 bits per heavy atom. The zero-order chi connectivity index (χ0) is 14.3. The van der Waals surface area contributed by atoms with Gasteiger partial charge in [-0.2, -0.15) is 4.98 Å². The Morgan fingerprint density at radius 2 is 1.85 bits per heavy atom. The number of nitrogens with two attached hydrogens (primary N) is 1. The molecule has 2 N–H and O–H groups in total. The molecule has 102 valence electrons. The van der Waals surface area contributed by atoms with Gasteiger partial charge < -0.3 is 0 Å². The summed E-state index contributed by atoms with van der Waals surface area (Å²) in [5.41, 5.74) is -0.0249. The molecule has 0 aliphatic rings. The Balaban J connectivity index is 2.29. The molecule has 9 nitrogen and oxygen atoms in total. The zero-order valence-electron chi connectivity index (χ0n) is 9.91. The number of para-hydroxylation sites is 1. The highest BCUT2D eigenvalue weighted by Crippen LogP contribution is 2.04. The second kappa shape index (κ2) is 4.21. The number of rotatable bonds is 2. The van der Waals surface area contributed by atoms with Crippen LogP contribution in [0.15, 0.2) is 46.6 Å². The smallest absolute Gasteiger partial charge is 0.251 e. The van der Waals surface area contributed by atoms with Crippen LogP contribution in [0, 0.1) is 0 Å². The van der Waals surface area contributed by atoms with Crippen LogP contribution < -0.4 is 10.8 Å². The van der Waals surface area contributed by atoms with Crippen LogP contribution in [0.1, 0.15) is 0 Å². The zero-order valence-corrected chi connectivity index (χ0v) is 10.7. The molecule has 0 aliphatic heterocycles. The lowest BCUT2D eigenvalue weighted by Gasteiger charge is -2.03. The largest absolute Gasteiger partial charge is 0.357 e. The van der Waals surface area contributed by atoms with Crippen LogP contribution in [0.5, 0.6) is 0 Å². The summed E-state index contributed by atoms with van der Waals surface area (Å²) in [4.78, 5) is 19.7. The van der Waals surface area contributed by atoms with E-state index in [1.165, 1.54) is 10.9 Å². The average molecular weight is 292 g/mol. The van der Waals surface area contributed by atoms with Gasteiger partial charge in [0.2, 0.25) is 0 Å². The molecule has 2 heterocycles. The van der Waals surface area contributed by atoms with Gasteiger partial charge in [-0.25, -0.2) is 23.3 Å². The number of sulfonamides is 1. The lowest BCUT2D eigenvalue weighted by atomic mass is 10.3. The van der Waals surface area contributed by atoms with Gasteiger partial charge in [0.25, 0.3) is 21.0 Å². The Hall–Kier alpha value is -2.59. The maximum atomic E-state index is 12.2. The van der Waals surface area contributed by atoms with Gasteiger partial charge in [0.1, 0.15) is 6.33 Å². The molecule has 0 amide bonds. The van der Waals surface area contributed by atoms with Gasteiger partial charge in [-0.05, 0) is 12.1 Å². The first-order chi connectivity index (χ1) is 9.47. The van der Waals surface area contributed by atoms with Gasteiger partial charge >= 0.3 is 5.69 Å². The molecule has 10 heteroatoms. The predicted octanol–water partition coefficient (Wildman–Crippen LogP) is -1.08. The van der Waals surface area contributed by atoms with Crippen molar-refractivity contribution in [1.82, 2.24) is 24.1 Å². The summed E-state index contributed by atoms with van der Waals surface area (Å²) in [6.45, 7) is 0. The van der Waals surface area contributed by atoms with Crippen molar-refractivity contribution in [2.45, 2.75) is 5.16 Å². The molecule has 0 saturated carbocycles. The van der Waals surface area contributed by atoms with E-state index in [1.807, 2.05) is 0 Å². The van der Waals surface area contributed by atoms with E-state index in [0.29, 0.717) is 5.69 Å². The lowest BCUT2D eigenvalue weighted by Crippen LogP contribution is -2.26. The summed E-state index contributed by atoms with van der Waals surface area (Å²) >= 11 is 0. The summed E-state index contributed by atoms with van der Waals surface area (Å²) in [6.07, 6.45) is 1.24. The topological polar surface area (TPSA) is 125 Å². The maximum Gasteiger partial charge on any atom is 0.357 e. The number of nitrogens with zero attached hydrogens (tertiary/aromatic N) is 5. The van der Waals surface area contributed by atoms with E-state index in [9.17, 15) is 13.2 Å². The van der Waals surface area contributed by atoms with Crippen molar-refractivity contribution in [1.29, 1.82) is 0 Å². The van der Waals surface area contributed by atoms with Crippen molar-refractivity contribution in [3.05, 3.63) is 47.1 Å². The molecule has 3 rings (SSSR count). The minimum absolute atomic E-state index is 0.133. The van der Waals surface area contributed by atoms with E-state index < -0.39 is 20.9 Å². The Morgan fingerprint density at radius 3 is 2.50 bits per heavy atom. The summed E-state index contributed by atoms with van der Waals surface area (Å²) in [7, 11) is -4.09. The van der Waals surface area contributed by atoms with E-state index >= 15 is 0 Å². The number of benzene rings is 1. The van der Waals surface area contributed by atoms with Gasteiger partial charge in [0, 0.05) is 0 Å². The third kappa shape index (κ3) is 1.96. The molecule has 0 spiro atoms. The van der Waals surface area contributed by atoms with Gasteiger partial charge in [-0.15, -0.1) is 9.61 Å². The minimum atomic E-state index is -4.09. The number of hydrogen-bond donors (Lipinski definition) is 1. The predicted molar refractivity (Wildman–Crippen MR) is 67.8 cm³/mol. The van der Waals surface area contributed by atoms with Crippen LogP contribution in [0.2, 0.25) is 0 Å². The second-order valence-electron chi connectivity index (χ2n) is 3.88. The molecule has 0 fully saturated rings. The normalized spacial score (nSPS) is 11.8. The lowest BCUT2D eigenvalue weighted by molar-refractivity contribution is 0.588. The van der Waals surface area contributed by atoms with Crippen LogP contribution in [0.4, 0.5) is 0 Å². The van der Waals surface area contributed by atoms with Gasteiger partial charge in [-0.3, -0.25) is 4.57 Å². The third-order valence-corrected chi connectivity index (χ3v) is 3.22. The fraction of sp³-hybridized carbons (Fsp3) is 0. The highest BCUT2D eigenvalue weighted by atomic mass is 32.2. The standard InChI is InChI=1S/C10H8N6O3S/c11-20(18,19)9-13-8-12-6-15(10(17)16(8)14-9)7-4-2-1-3-5-7/h1-6H,(H2,11,18,19). The van der Waals surface area contributed by atoms with E-state index in [1.54, 1.807) is 30.3 Å². The Bertz CT molecular complexity index is 944. The highest BCUT2D eigenvalue weighted by molar-refractivity contribution is 7.89. The van der Waals surface area contributed by atoms with Gasteiger partial charge in [-0.1, -0.05) is 18.2 Å². The first kappa shape index (κ1) is 12.4. The van der Waals surface area contributed by atoms with Crippen molar-refractivity contribution in [3.8, 4) is 5.69 Å². The SMILES string of the molecule is NS(=O)(=O)c1nc2ncn(-c3ccccc3)c(=O)n2n1. The number of hydrogen-bond acceptors (Lipinski definition) is 6. The quantitative estimate of drug-likeness (QED) is 0.640. The Kier molecular flexibility index (Phi) is 2.62. The molecule has 0 bridgehead atoms. The van der Waals surface area contributed by atoms with E-state index in [0.717, 1.165) is 4.52 Å². The number of aromatic nitrogens is 5. The first-order valence-corrected chi connectivity index (χ1v) is 6.94.